The van der Waals surface area contributed by atoms with E-state index in [1.54, 1.807) is 12.1 Å². The van der Waals surface area contributed by atoms with Gasteiger partial charge in [-0.05, 0) is 55.5 Å². The van der Waals surface area contributed by atoms with Crippen LogP contribution in [-0.2, 0) is 4.79 Å². The van der Waals surface area contributed by atoms with Gasteiger partial charge in [0, 0.05) is 16.3 Å². The fraction of sp³-hybridized carbons (Fsp3) is 0.167. The number of hydrogen-bond donors (Lipinski definition) is 1. The lowest BCUT2D eigenvalue weighted by molar-refractivity contribution is -0.115. The molecule has 6 nitrogen and oxygen atoms in total. The van der Waals surface area contributed by atoms with Crippen molar-refractivity contribution in [1.82, 2.24) is 14.8 Å². The molecule has 0 atom stereocenters. The summed E-state index contributed by atoms with van der Waals surface area (Å²) in [6.45, 7) is 2.53. The lowest BCUT2D eigenvalue weighted by Gasteiger charge is -2.11. The Bertz CT molecular complexity index is 895. The SMILES string of the molecule is CCOc1ccc(-n2c(SCC(N)=O)nnc2-c2ccc(Cl)cc2)cc1. The van der Waals surface area contributed by atoms with Crippen LogP contribution in [-0.4, -0.2) is 33.0 Å². The van der Waals surface area contributed by atoms with Gasteiger partial charge in [0.25, 0.3) is 0 Å². The molecule has 0 aliphatic heterocycles. The fourth-order valence-corrected chi connectivity index (χ4v) is 3.19. The van der Waals surface area contributed by atoms with Crippen molar-refractivity contribution in [3.05, 3.63) is 53.6 Å². The van der Waals surface area contributed by atoms with Gasteiger partial charge in [0.05, 0.1) is 12.4 Å². The molecule has 1 aromatic heterocycles. The van der Waals surface area contributed by atoms with Crippen LogP contribution in [0.2, 0.25) is 5.02 Å². The van der Waals surface area contributed by atoms with Crippen molar-refractivity contribution in [3.8, 4) is 22.8 Å². The van der Waals surface area contributed by atoms with Crippen molar-refractivity contribution in [2.45, 2.75) is 12.1 Å². The molecule has 2 aromatic carbocycles. The first-order chi connectivity index (χ1) is 12.6. The number of ether oxygens (including phenoxy) is 1. The largest absolute Gasteiger partial charge is 0.494 e. The van der Waals surface area contributed by atoms with Crippen LogP contribution in [0, 0.1) is 0 Å². The Labute approximate surface area is 160 Å². The number of carbonyl (C=O) groups is 1. The number of rotatable bonds is 7. The summed E-state index contributed by atoms with van der Waals surface area (Å²) in [5, 5.41) is 9.74. The van der Waals surface area contributed by atoms with E-state index >= 15 is 0 Å². The molecule has 0 aliphatic carbocycles. The van der Waals surface area contributed by atoms with Gasteiger partial charge >= 0.3 is 0 Å². The molecule has 1 heterocycles. The van der Waals surface area contributed by atoms with E-state index < -0.39 is 5.91 Å². The Morgan fingerprint density at radius 3 is 2.46 bits per heavy atom. The van der Waals surface area contributed by atoms with Crippen LogP contribution in [0.4, 0.5) is 0 Å². The van der Waals surface area contributed by atoms with Crippen LogP contribution in [0.3, 0.4) is 0 Å². The summed E-state index contributed by atoms with van der Waals surface area (Å²) in [4.78, 5) is 11.2. The number of nitrogens with zero attached hydrogens (tertiary/aromatic N) is 3. The number of nitrogens with two attached hydrogens (primary N) is 1. The Morgan fingerprint density at radius 1 is 1.15 bits per heavy atom. The Morgan fingerprint density at radius 2 is 1.85 bits per heavy atom. The van der Waals surface area contributed by atoms with Crippen molar-refractivity contribution >= 4 is 29.3 Å². The van der Waals surface area contributed by atoms with Crippen molar-refractivity contribution in [2.24, 2.45) is 5.73 Å². The van der Waals surface area contributed by atoms with Crippen molar-refractivity contribution in [1.29, 1.82) is 0 Å². The number of primary amides is 1. The highest BCUT2D eigenvalue weighted by molar-refractivity contribution is 7.99. The summed E-state index contributed by atoms with van der Waals surface area (Å²) in [6.07, 6.45) is 0. The van der Waals surface area contributed by atoms with Crippen LogP contribution >= 0.6 is 23.4 Å². The number of hydrogen-bond acceptors (Lipinski definition) is 5. The minimum atomic E-state index is -0.413. The number of benzene rings is 2. The maximum absolute atomic E-state index is 11.2. The number of amides is 1. The van der Waals surface area contributed by atoms with E-state index in [9.17, 15) is 4.79 Å². The molecule has 0 fully saturated rings. The van der Waals surface area contributed by atoms with E-state index in [1.165, 1.54) is 11.8 Å². The molecule has 134 valence electrons. The summed E-state index contributed by atoms with van der Waals surface area (Å²) < 4.78 is 7.38. The van der Waals surface area contributed by atoms with Crippen molar-refractivity contribution in [2.75, 3.05) is 12.4 Å². The van der Waals surface area contributed by atoms with E-state index in [2.05, 4.69) is 10.2 Å². The zero-order chi connectivity index (χ0) is 18.5. The lowest BCUT2D eigenvalue weighted by atomic mass is 10.2. The molecule has 26 heavy (non-hydrogen) atoms. The zero-order valence-corrected chi connectivity index (χ0v) is 15.6. The first-order valence-corrected chi connectivity index (χ1v) is 9.30. The quantitative estimate of drug-likeness (QED) is 0.625. The van der Waals surface area contributed by atoms with Gasteiger partial charge in [0.1, 0.15) is 5.75 Å². The third-order valence-corrected chi connectivity index (χ3v) is 4.69. The van der Waals surface area contributed by atoms with Gasteiger partial charge in [0.15, 0.2) is 11.0 Å². The first-order valence-electron chi connectivity index (χ1n) is 7.94. The second-order valence-electron chi connectivity index (χ2n) is 5.33. The Hall–Kier alpha value is -2.51. The van der Waals surface area contributed by atoms with E-state index in [0.717, 1.165) is 17.0 Å². The van der Waals surface area contributed by atoms with Crippen molar-refractivity contribution < 1.29 is 9.53 Å². The molecule has 8 heteroatoms. The Kier molecular flexibility index (Phi) is 5.80. The number of carbonyl (C=O) groups excluding carboxylic acids is 1. The molecule has 3 rings (SSSR count). The van der Waals surface area contributed by atoms with Gasteiger partial charge in [0.2, 0.25) is 5.91 Å². The lowest BCUT2D eigenvalue weighted by Crippen LogP contribution is -2.13. The van der Waals surface area contributed by atoms with Gasteiger partial charge in [-0.15, -0.1) is 10.2 Å². The van der Waals surface area contributed by atoms with Crippen LogP contribution < -0.4 is 10.5 Å². The topological polar surface area (TPSA) is 83.0 Å². The molecule has 0 bridgehead atoms. The van der Waals surface area contributed by atoms with Crippen LogP contribution in [0.5, 0.6) is 5.75 Å². The molecule has 0 radical (unpaired) electrons. The molecule has 1 amide bonds. The molecule has 0 saturated heterocycles. The maximum Gasteiger partial charge on any atom is 0.227 e. The summed E-state index contributed by atoms with van der Waals surface area (Å²) >= 11 is 7.22. The van der Waals surface area contributed by atoms with E-state index in [-0.39, 0.29) is 5.75 Å². The molecule has 0 saturated carbocycles. The normalized spacial score (nSPS) is 10.7. The second-order valence-corrected chi connectivity index (χ2v) is 6.71. The summed E-state index contributed by atoms with van der Waals surface area (Å²) in [5.74, 6) is 1.14. The van der Waals surface area contributed by atoms with E-state index in [1.807, 2.05) is 47.9 Å². The summed E-state index contributed by atoms with van der Waals surface area (Å²) in [7, 11) is 0. The molecule has 0 aliphatic rings. The van der Waals surface area contributed by atoms with E-state index in [4.69, 9.17) is 22.1 Å². The third-order valence-electron chi connectivity index (χ3n) is 3.49. The molecule has 2 N–H and O–H groups in total. The molecular weight excluding hydrogens is 372 g/mol. The molecular formula is C18H17ClN4O2S. The van der Waals surface area contributed by atoms with Crippen LogP contribution in [0.15, 0.2) is 53.7 Å². The first kappa shape index (κ1) is 18.3. The molecule has 0 unspecified atom stereocenters. The smallest absolute Gasteiger partial charge is 0.227 e. The average Bonchev–Trinajstić information content (AvgIpc) is 3.05. The molecule has 0 spiro atoms. The Balaban J connectivity index is 2.04. The third kappa shape index (κ3) is 4.17. The standard InChI is InChI=1S/C18H17ClN4O2S/c1-2-25-15-9-7-14(8-10-15)23-17(12-3-5-13(19)6-4-12)21-22-18(23)26-11-16(20)24/h3-10H,2,11H2,1H3,(H2,20,24). The monoisotopic (exact) mass is 388 g/mol. The fourth-order valence-electron chi connectivity index (χ4n) is 2.38. The minimum absolute atomic E-state index is 0.121. The number of aromatic nitrogens is 3. The summed E-state index contributed by atoms with van der Waals surface area (Å²) in [5.41, 5.74) is 6.99. The van der Waals surface area contributed by atoms with Crippen molar-refractivity contribution in [3.63, 3.8) is 0 Å². The van der Waals surface area contributed by atoms with Gasteiger partial charge in [-0.3, -0.25) is 9.36 Å². The highest BCUT2D eigenvalue weighted by Crippen LogP contribution is 2.29. The zero-order valence-electron chi connectivity index (χ0n) is 14.1. The van der Waals surface area contributed by atoms with Gasteiger partial charge in [-0.25, -0.2) is 0 Å². The summed E-state index contributed by atoms with van der Waals surface area (Å²) in [6, 6.07) is 14.9. The molecule has 3 aromatic rings. The van der Waals surface area contributed by atoms with Gasteiger partial charge < -0.3 is 10.5 Å². The predicted molar refractivity (Wildman–Crippen MR) is 103 cm³/mol. The second kappa shape index (κ2) is 8.25. The highest BCUT2D eigenvalue weighted by Gasteiger charge is 2.17. The maximum atomic E-state index is 11.2. The van der Waals surface area contributed by atoms with Crippen LogP contribution in [0.1, 0.15) is 6.92 Å². The van der Waals surface area contributed by atoms with Crippen LogP contribution in [0.25, 0.3) is 17.1 Å². The van der Waals surface area contributed by atoms with E-state index in [0.29, 0.717) is 22.6 Å². The van der Waals surface area contributed by atoms with Gasteiger partial charge in [-0.2, -0.15) is 0 Å². The predicted octanol–water partition coefficient (Wildman–Crippen LogP) is 3.56. The number of halogens is 1. The van der Waals surface area contributed by atoms with Gasteiger partial charge in [-0.1, -0.05) is 23.4 Å². The minimum Gasteiger partial charge on any atom is -0.494 e. The highest BCUT2D eigenvalue weighted by atomic mass is 35.5. The average molecular weight is 389 g/mol. The number of thioether (sulfide) groups is 1.